The van der Waals surface area contributed by atoms with E-state index in [2.05, 4.69) is 27.4 Å². The molecule has 1 aliphatic rings. The number of rotatable bonds is 3. The van der Waals surface area contributed by atoms with Crippen LogP contribution in [0.4, 0.5) is 16.4 Å². The highest BCUT2D eigenvalue weighted by Crippen LogP contribution is 2.30. The van der Waals surface area contributed by atoms with Gasteiger partial charge in [0.05, 0.1) is 0 Å². The van der Waals surface area contributed by atoms with Crippen LogP contribution >= 0.6 is 0 Å². The number of nitrogens with zero attached hydrogens (tertiary/aromatic N) is 3. The lowest BCUT2D eigenvalue weighted by atomic mass is 9.98. The van der Waals surface area contributed by atoms with E-state index in [1.807, 2.05) is 58.9 Å². The molecule has 0 atom stereocenters. The normalized spacial score (nSPS) is 14.5. The molecule has 148 valence electrons. The Labute approximate surface area is 166 Å². The van der Waals surface area contributed by atoms with Crippen LogP contribution in [-0.4, -0.2) is 39.7 Å². The van der Waals surface area contributed by atoms with Crippen LogP contribution in [-0.2, 0) is 4.74 Å². The van der Waals surface area contributed by atoms with Crippen LogP contribution in [0.2, 0.25) is 0 Å². The number of ether oxygens (including phenoxy) is 1. The fourth-order valence-electron chi connectivity index (χ4n) is 3.18. The van der Waals surface area contributed by atoms with Gasteiger partial charge in [0, 0.05) is 35.7 Å². The van der Waals surface area contributed by atoms with Crippen molar-refractivity contribution in [3.63, 3.8) is 0 Å². The maximum Gasteiger partial charge on any atom is 0.410 e. The van der Waals surface area contributed by atoms with Crippen molar-refractivity contribution in [1.29, 1.82) is 0 Å². The van der Waals surface area contributed by atoms with Crippen LogP contribution in [0.15, 0.2) is 36.4 Å². The Hall–Kier alpha value is -2.89. The van der Waals surface area contributed by atoms with Crippen LogP contribution in [0.3, 0.4) is 0 Å². The summed E-state index contributed by atoms with van der Waals surface area (Å²) in [4.78, 5) is 23.0. The van der Waals surface area contributed by atoms with E-state index in [0.29, 0.717) is 19.0 Å². The minimum absolute atomic E-state index is 0.266. The average molecular weight is 380 g/mol. The molecule has 0 radical (unpaired) electrons. The number of benzene rings is 1. The van der Waals surface area contributed by atoms with Crippen molar-refractivity contribution in [3.05, 3.63) is 53.4 Å². The van der Waals surface area contributed by atoms with Gasteiger partial charge in [0.1, 0.15) is 5.60 Å². The highest BCUT2D eigenvalue weighted by molar-refractivity contribution is 5.80. The standard InChI is InChI=1S/C22H28N4O2/c1-15-14-16(2)24-20(23-15)25-19-9-7-6-8-18(19)17-10-12-26(13-11-17)21(27)28-22(3,4)5/h6-10,14H,11-13H2,1-5H3,(H,23,24,25). The number of aromatic nitrogens is 2. The van der Waals surface area contributed by atoms with Gasteiger partial charge in [0.2, 0.25) is 5.95 Å². The van der Waals surface area contributed by atoms with Gasteiger partial charge in [-0.15, -0.1) is 0 Å². The molecule has 0 bridgehead atoms. The molecular formula is C22H28N4O2. The second kappa shape index (κ2) is 8.00. The predicted octanol–water partition coefficient (Wildman–Crippen LogP) is 4.86. The van der Waals surface area contributed by atoms with Gasteiger partial charge in [-0.1, -0.05) is 24.3 Å². The monoisotopic (exact) mass is 380 g/mol. The van der Waals surface area contributed by atoms with Gasteiger partial charge >= 0.3 is 6.09 Å². The van der Waals surface area contributed by atoms with Crippen LogP contribution in [0.1, 0.15) is 44.1 Å². The SMILES string of the molecule is Cc1cc(C)nc(Nc2ccccc2C2=CCN(C(=O)OC(C)(C)C)CC2)n1. The Kier molecular flexibility index (Phi) is 5.68. The van der Waals surface area contributed by atoms with Crippen molar-refractivity contribution in [3.8, 4) is 0 Å². The molecule has 0 spiro atoms. The molecule has 1 N–H and O–H groups in total. The van der Waals surface area contributed by atoms with Gasteiger partial charge in [-0.3, -0.25) is 0 Å². The van der Waals surface area contributed by atoms with E-state index in [1.54, 1.807) is 4.90 Å². The van der Waals surface area contributed by atoms with Crippen LogP contribution in [0, 0.1) is 13.8 Å². The fraction of sp³-hybridized carbons (Fsp3) is 0.409. The molecule has 2 aromatic rings. The van der Waals surface area contributed by atoms with E-state index < -0.39 is 5.60 Å². The van der Waals surface area contributed by atoms with Gasteiger partial charge in [-0.25, -0.2) is 14.8 Å². The molecule has 0 saturated heterocycles. The first-order chi connectivity index (χ1) is 13.2. The highest BCUT2D eigenvalue weighted by Gasteiger charge is 2.24. The smallest absolute Gasteiger partial charge is 0.410 e. The molecule has 0 unspecified atom stereocenters. The minimum Gasteiger partial charge on any atom is -0.444 e. The van der Waals surface area contributed by atoms with Crippen molar-refractivity contribution < 1.29 is 9.53 Å². The molecule has 2 heterocycles. The summed E-state index contributed by atoms with van der Waals surface area (Å²) in [6, 6.07) is 10.1. The number of anilines is 2. The number of aryl methyl sites for hydroxylation is 2. The predicted molar refractivity (Wildman–Crippen MR) is 112 cm³/mol. The molecule has 6 heteroatoms. The van der Waals surface area contributed by atoms with Crippen molar-refractivity contribution >= 4 is 23.3 Å². The topological polar surface area (TPSA) is 67.4 Å². The molecule has 0 saturated carbocycles. The number of para-hydroxylation sites is 1. The molecular weight excluding hydrogens is 352 g/mol. The lowest BCUT2D eigenvalue weighted by Gasteiger charge is -2.30. The largest absolute Gasteiger partial charge is 0.444 e. The van der Waals surface area contributed by atoms with E-state index in [9.17, 15) is 4.79 Å². The van der Waals surface area contributed by atoms with E-state index in [1.165, 1.54) is 5.57 Å². The summed E-state index contributed by atoms with van der Waals surface area (Å²) < 4.78 is 5.47. The third kappa shape index (κ3) is 5.09. The van der Waals surface area contributed by atoms with Crippen molar-refractivity contribution in [2.24, 2.45) is 0 Å². The second-order valence-electron chi connectivity index (χ2n) is 8.05. The van der Waals surface area contributed by atoms with Crippen molar-refractivity contribution in [1.82, 2.24) is 14.9 Å². The van der Waals surface area contributed by atoms with Gasteiger partial charge in [0.25, 0.3) is 0 Å². The second-order valence-corrected chi connectivity index (χ2v) is 8.05. The number of hydrogen-bond acceptors (Lipinski definition) is 5. The van der Waals surface area contributed by atoms with Crippen LogP contribution < -0.4 is 5.32 Å². The summed E-state index contributed by atoms with van der Waals surface area (Å²) in [7, 11) is 0. The zero-order valence-corrected chi connectivity index (χ0v) is 17.2. The highest BCUT2D eigenvalue weighted by atomic mass is 16.6. The summed E-state index contributed by atoms with van der Waals surface area (Å²) in [5.74, 6) is 0.594. The molecule has 3 rings (SSSR count). The van der Waals surface area contributed by atoms with E-state index in [-0.39, 0.29) is 6.09 Å². The summed E-state index contributed by atoms with van der Waals surface area (Å²) in [6.45, 7) is 10.7. The quantitative estimate of drug-likeness (QED) is 0.823. The first kappa shape index (κ1) is 19.9. The van der Waals surface area contributed by atoms with Crippen LogP contribution in [0.25, 0.3) is 5.57 Å². The van der Waals surface area contributed by atoms with E-state index >= 15 is 0 Å². The van der Waals surface area contributed by atoms with Crippen molar-refractivity contribution in [2.75, 3.05) is 18.4 Å². The zero-order valence-electron chi connectivity index (χ0n) is 17.2. The molecule has 1 amide bonds. The Balaban J connectivity index is 1.77. The average Bonchev–Trinajstić information content (AvgIpc) is 2.60. The van der Waals surface area contributed by atoms with Crippen molar-refractivity contribution in [2.45, 2.75) is 46.6 Å². The number of amides is 1. The van der Waals surface area contributed by atoms with Crippen LogP contribution in [0.5, 0.6) is 0 Å². The number of carbonyl (C=O) groups is 1. The third-order valence-corrected chi connectivity index (χ3v) is 4.36. The Bertz CT molecular complexity index is 879. The van der Waals surface area contributed by atoms with Gasteiger partial charge in [-0.2, -0.15) is 0 Å². The fourth-order valence-corrected chi connectivity index (χ4v) is 3.18. The molecule has 6 nitrogen and oxygen atoms in total. The number of carbonyl (C=O) groups excluding carboxylic acids is 1. The summed E-state index contributed by atoms with van der Waals surface area (Å²) >= 11 is 0. The Morgan fingerprint density at radius 2 is 1.82 bits per heavy atom. The molecule has 1 aliphatic heterocycles. The first-order valence-electron chi connectivity index (χ1n) is 9.57. The lowest BCUT2D eigenvalue weighted by molar-refractivity contribution is 0.0270. The molecule has 0 aliphatic carbocycles. The Morgan fingerprint density at radius 3 is 2.43 bits per heavy atom. The van der Waals surface area contributed by atoms with Gasteiger partial charge < -0.3 is 15.0 Å². The molecule has 0 fully saturated rings. The summed E-state index contributed by atoms with van der Waals surface area (Å²) in [6.07, 6.45) is 2.60. The maximum absolute atomic E-state index is 12.3. The maximum atomic E-state index is 12.3. The molecule has 1 aromatic heterocycles. The summed E-state index contributed by atoms with van der Waals surface area (Å²) in [5, 5.41) is 3.35. The van der Waals surface area contributed by atoms with E-state index in [0.717, 1.165) is 29.1 Å². The molecule has 1 aromatic carbocycles. The number of nitrogens with one attached hydrogen (secondary N) is 1. The first-order valence-corrected chi connectivity index (χ1v) is 9.57. The van der Waals surface area contributed by atoms with E-state index in [4.69, 9.17) is 4.74 Å². The summed E-state index contributed by atoms with van der Waals surface area (Å²) in [5.41, 5.74) is 4.64. The number of hydrogen-bond donors (Lipinski definition) is 1. The lowest BCUT2D eigenvalue weighted by Crippen LogP contribution is -2.39. The van der Waals surface area contributed by atoms with Gasteiger partial charge in [-0.05, 0) is 58.7 Å². The minimum atomic E-state index is -0.483. The Morgan fingerprint density at radius 1 is 1.14 bits per heavy atom. The zero-order chi connectivity index (χ0) is 20.3. The van der Waals surface area contributed by atoms with Gasteiger partial charge in [0.15, 0.2) is 0 Å². The third-order valence-electron chi connectivity index (χ3n) is 4.36. The molecule has 28 heavy (non-hydrogen) atoms.